The molecule has 132 valence electrons. The van der Waals surface area contributed by atoms with Crippen molar-refractivity contribution in [2.24, 2.45) is 0 Å². The van der Waals surface area contributed by atoms with Crippen LogP contribution in [0.4, 0.5) is 5.69 Å². The molecule has 25 heavy (non-hydrogen) atoms. The van der Waals surface area contributed by atoms with Crippen molar-refractivity contribution >= 4 is 11.6 Å². The molecule has 3 rings (SSSR count). The molecule has 1 aliphatic carbocycles. The van der Waals surface area contributed by atoms with Crippen molar-refractivity contribution < 1.29 is 9.53 Å². The quantitative estimate of drug-likeness (QED) is 0.811. The third-order valence-corrected chi connectivity index (χ3v) is 4.59. The van der Waals surface area contributed by atoms with Gasteiger partial charge in [-0.2, -0.15) is 0 Å². The highest BCUT2D eigenvalue weighted by Crippen LogP contribution is 2.18. The van der Waals surface area contributed by atoms with Crippen LogP contribution in [0.25, 0.3) is 0 Å². The van der Waals surface area contributed by atoms with Gasteiger partial charge in [0.1, 0.15) is 11.4 Å². The predicted molar refractivity (Wildman–Crippen MR) is 99.1 cm³/mol. The summed E-state index contributed by atoms with van der Waals surface area (Å²) in [6.45, 7) is 0.807. The number of hydrogen-bond acceptors (Lipinski definition) is 4. The minimum Gasteiger partial charge on any atom is -0.497 e. The summed E-state index contributed by atoms with van der Waals surface area (Å²) in [7, 11) is 1.67. The first-order valence-corrected chi connectivity index (χ1v) is 8.88. The molecule has 2 aromatic rings. The Morgan fingerprint density at radius 1 is 1.16 bits per heavy atom. The van der Waals surface area contributed by atoms with E-state index in [9.17, 15) is 4.79 Å². The SMILES string of the molecule is COc1ccc(CCNc2ccc(C(=O)NC3CCCC3)nc2)cc1. The van der Waals surface area contributed by atoms with Crippen LogP contribution in [0.15, 0.2) is 42.6 Å². The third-order valence-electron chi connectivity index (χ3n) is 4.59. The Morgan fingerprint density at radius 2 is 1.92 bits per heavy atom. The molecule has 1 heterocycles. The zero-order valence-corrected chi connectivity index (χ0v) is 14.6. The normalized spacial score (nSPS) is 14.3. The molecule has 1 fully saturated rings. The highest BCUT2D eigenvalue weighted by atomic mass is 16.5. The smallest absolute Gasteiger partial charge is 0.270 e. The molecule has 1 aliphatic rings. The number of amides is 1. The average molecular weight is 339 g/mol. The molecule has 0 saturated heterocycles. The Hall–Kier alpha value is -2.56. The second-order valence-corrected chi connectivity index (χ2v) is 6.41. The summed E-state index contributed by atoms with van der Waals surface area (Å²) in [5.41, 5.74) is 2.65. The fraction of sp³-hybridized carbons (Fsp3) is 0.400. The lowest BCUT2D eigenvalue weighted by Crippen LogP contribution is -2.33. The summed E-state index contributed by atoms with van der Waals surface area (Å²) in [5, 5.41) is 6.39. The van der Waals surface area contributed by atoms with Gasteiger partial charge in [0.25, 0.3) is 5.91 Å². The van der Waals surface area contributed by atoms with E-state index in [0.29, 0.717) is 11.7 Å². The number of nitrogens with zero attached hydrogens (tertiary/aromatic N) is 1. The van der Waals surface area contributed by atoms with Gasteiger partial charge in [-0.1, -0.05) is 25.0 Å². The number of methoxy groups -OCH3 is 1. The van der Waals surface area contributed by atoms with Crippen LogP contribution in [0.1, 0.15) is 41.7 Å². The van der Waals surface area contributed by atoms with Crippen LogP contribution in [0.2, 0.25) is 0 Å². The van der Waals surface area contributed by atoms with Gasteiger partial charge < -0.3 is 15.4 Å². The molecular formula is C20H25N3O2. The number of benzene rings is 1. The molecule has 1 aromatic heterocycles. The number of ether oxygens (including phenoxy) is 1. The number of rotatable bonds is 7. The van der Waals surface area contributed by atoms with Crippen molar-refractivity contribution in [2.75, 3.05) is 19.0 Å². The summed E-state index contributed by atoms with van der Waals surface area (Å²) >= 11 is 0. The van der Waals surface area contributed by atoms with E-state index < -0.39 is 0 Å². The molecule has 1 aromatic carbocycles. The summed E-state index contributed by atoms with van der Waals surface area (Å²) in [6, 6.07) is 12.1. The lowest BCUT2D eigenvalue weighted by molar-refractivity contribution is 0.0933. The third kappa shape index (κ3) is 4.95. The fourth-order valence-electron chi connectivity index (χ4n) is 3.11. The van der Waals surface area contributed by atoms with Gasteiger partial charge in [0.15, 0.2) is 0 Å². The Labute approximate surface area is 148 Å². The van der Waals surface area contributed by atoms with Gasteiger partial charge in [-0.05, 0) is 49.1 Å². The van der Waals surface area contributed by atoms with E-state index in [4.69, 9.17) is 4.74 Å². The van der Waals surface area contributed by atoms with Crippen molar-refractivity contribution in [2.45, 2.75) is 38.1 Å². The van der Waals surface area contributed by atoms with Crippen molar-refractivity contribution in [3.63, 3.8) is 0 Å². The summed E-state index contributed by atoms with van der Waals surface area (Å²) < 4.78 is 5.16. The minimum absolute atomic E-state index is 0.0725. The largest absolute Gasteiger partial charge is 0.497 e. The first-order chi connectivity index (χ1) is 12.2. The maximum atomic E-state index is 12.2. The number of carbonyl (C=O) groups is 1. The molecular weight excluding hydrogens is 314 g/mol. The van der Waals surface area contributed by atoms with Crippen molar-refractivity contribution in [3.8, 4) is 5.75 Å². The molecule has 2 N–H and O–H groups in total. The molecule has 0 bridgehead atoms. The lowest BCUT2D eigenvalue weighted by atomic mass is 10.1. The van der Waals surface area contributed by atoms with Crippen LogP contribution < -0.4 is 15.4 Å². The summed E-state index contributed by atoms with van der Waals surface area (Å²) in [4.78, 5) is 16.4. The number of carbonyl (C=O) groups excluding carboxylic acids is 1. The Morgan fingerprint density at radius 3 is 2.56 bits per heavy atom. The minimum atomic E-state index is -0.0725. The fourth-order valence-corrected chi connectivity index (χ4v) is 3.11. The van der Waals surface area contributed by atoms with Gasteiger partial charge in [0.2, 0.25) is 0 Å². The van der Waals surface area contributed by atoms with Gasteiger partial charge in [-0.3, -0.25) is 4.79 Å². The molecule has 5 nitrogen and oxygen atoms in total. The number of pyridine rings is 1. The van der Waals surface area contributed by atoms with E-state index in [1.54, 1.807) is 19.4 Å². The Kier molecular flexibility index (Phi) is 5.88. The van der Waals surface area contributed by atoms with E-state index in [1.165, 1.54) is 18.4 Å². The molecule has 0 radical (unpaired) electrons. The molecule has 0 atom stereocenters. The van der Waals surface area contributed by atoms with Crippen molar-refractivity contribution in [1.82, 2.24) is 10.3 Å². The van der Waals surface area contributed by atoms with Gasteiger partial charge >= 0.3 is 0 Å². The molecule has 1 saturated carbocycles. The molecule has 0 unspecified atom stereocenters. The predicted octanol–water partition coefficient (Wildman–Crippen LogP) is 3.42. The van der Waals surface area contributed by atoms with E-state index >= 15 is 0 Å². The number of aromatic nitrogens is 1. The second kappa shape index (κ2) is 8.51. The van der Waals surface area contributed by atoms with Crippen LogP contribution >= 0.6 is 0 Å². The maximum Gasteiger partial charge on any atom is 0.270 e. The number of nitrogens with one attached hydrogen (secondary N) is 2. The summed E-state index contributed by atoms with van der Waals surface area (Å²) in [6.07, 6.45) is 7.20. The molecule has 1 amide bonds. The topological polar surface area (TPSA) is 63.2 Å². The molecule has 5 heteroatoms. The standard InChI is InChI=1S/C20H25N3O2/c1-25-18-9-6-15(7-10-18)12-13-21-17-8-11-19(22-14-17)20(24)23-16-4-2-3-5-16/h6-11,14,16,21H,2-5,12-13H2,1H3,(H,23,24). The summed E-state index contributed by atoms with van der Waals surface area (Å²) in [5.74, 6) is 0.795. The zero-order chi connectivity index (χ0) is 17.5. The lowest BCUT2D eigenvalue weighted by Gasteiger charge is -2.12. The molecule has 0 aliphatic heterocycles. The monoisotopic (exact) mass is 339 g/mol. The zero-order valence-electron chi connectivity index (χ0n) is 14.6. The highest BCUT2D eigenvalue weighted by Gasteiger charge is 2.18. The van der Waals surface area contributed by atoms with Crippen LogP contribution in [-0.2, 0) is 6.42 Å². The van der Waals surface area contributed by atoms with E-state index in [-0.39, 0.29) is 5.91 Å². The van der Waals surface area contributed by atoms with Crippen LogP contribution in [0.5, 0.6) is 5.75 Å². The number of hydrogen-bond donors (Lipinski definition) is 2. The average Bonchev–Trinajstić information content (AvgIpc) is 3.16. The maximum absolute atomic E-state index is 12.2. The molecule has 0 spiro atoms. The van der Waals surface area contributed by atoms with Gasteiger partial charge in [-0.25, -0.2) is 4.98 Å². The van der Waals surface area contributed by atoms with E-state index in [1.807, 2.05) is 18.2 Å². The van der Waals surface area contributed by atoms with Crippen molar-refractivity contribution in [3.05, 3.63) is 53.9 Å². The Bertz CT molecular complexity index is 677. The van der Waals surface area contributed by atoms with E-state index in [2.05, 4.69) is 27.8 Å². The van der Waals surface area contributed by atoms with Crippen LogP contribution in [-0.4, -0.2) is 30.6 Å². The van der Waals surface area contributed by atoms with Gasteiger partial charge in [-0.15, -0.1) is 0 Å². The highest BCUT2D eigenvalue weighted by molar-refractivity contribution is 5.92. The van der Waals surface area contributed by atoms with Crippen LogP contribution in [0, 0.1) is 0 Å². The van der Waals surface area contributed by atoms with Gasteiger partial charge in [0, 0.05) is 12.6 Å². The number of anilines is 1. The van der Waals surface area contributed by atoms with Crippen LogP contribution in [0.3, 0.4) is 0 Å². The van der Waals surface area contributed by atoms with Gasteiger partial charge in [0.05, 0.1) is 19.0 Å². The second-order valence-electron chi connectivity index (χ2n) is 6.41. The van der Waals surface area contributed by atoms with Crippen molar-refractivity contribution in [1.29, 1.82) is 0 Å². The first-order valence-electron chi connectivity index (χ1n) is 8.88. The van der Waals surface area contributed by atoms with E-state index in [0.717, 1.165) is 37.2 Å². The Balaban J connectivity index is 1.45. The first kappa shape index (κ1) is 17.3.